The van der Waals surface area contributed by atoms with Crippen LogP contribution in [0.2, 0.25) is 10.0 Å². The number of thioether (sulfide) groups is 1. The van der Waals surface area contributed by atoms with Crippen molar-refractivity contribution in [3.8, 4) is 5.82 Å². The molecule has 0 atom stereocenters. The number of halogens is 2. The lowest BCUT2D eigenvalue weighted by molar-refractivity contribution is 0.651. The van der Waals surface area contributed by atoms with E-state index < -0.39 is 0 Å². The van der Waals surface area contributed by atoms with Gasteiger partial charge in [0, 0.05) is 22.0 Å². The van der Waals surface area contributed by atoms with E-state index in [0.29, 0.717) is 21.0 Å². The van der Waals surface area contributed by atoms with Crippen molar-refractivity contribution >= 4 is 40.5 Å². The van der Waals surface area contributed by atoms with Crippen LogP contribution >= 0.6 is 35.0 Å². The first-order valence-corrected chi connectivity index (χ1v) is 9.36. The molecule has 3 aromatic heterocycles. The molecular weight excluding hydrogens is 411 g/mol. The van der Waals surface area contributed by atoms with Gasteiger partial charge in [0.2, 0.25) is 0 Å². The predicted molar refractivity (Wildman–Crippen MR) is 103 cm³/mol. The molecule has 27 heavy (non-hydrogen) atoms. The van der Waals surface area contributed by atoms with Crippen LogP contribution in [0.15, 0.2) is 57.6 Å². The first-order chi connectivity index (χ1) is 13.0. The SMILES string of the molecule is O=c1cnc(-n2c(SCc3ccc(Cl)cc3Cl)nn3nccc3c2=O)c[nH]1. The van der Waals surface area contributed by atoms with E-state index in [9.17, 15) is 9.59 Å². The Balaban J connectivity index is 1.81. The molecule has 1 aromatic carbocycles. The zero-order chi connectivity index (χ0) is 19.0. The summed E-state index contributed by atoms with van der Waals surface area (Å²) in [6.45, 7) is 0. The molecule has 0 saturated heterocycles. The van der Waals surface area contributed by atoms with Gasteiger partial charge in [0.15, 0.2) is 16.5 Å². The van der Waals surface area contributed by atoms with Crippen molar-refractivity contribution in [1.29, 1.82) is 0 Å². The van der Waals surface area contributed by atoms with Gasteiger partial charge < -0.3 is 4.98 Å². The van der Waals surface area contributed by atoms with Gasteiger partial charge in [0.05, 0.1) is 12.4 Å². The highest BCUT2D eigenvalue weighted by atomic mass is 35.5. The maximum Gasteiger partial charge on any atom is 0.286 e. The molecule has 0 aliphatic carbocycles. The summed E-state index contributed by atoms with van der Waals surface area (Å²) in [5.74, 6) is 0.693. The van der Waals surface area contributed by atoms with Crippen molar-refractivity contribution in [3.63, 3.8) is 0 Å². The molecule has 0 fully saturated rings. The van der Waals surface area contributed by atoms with Crippen molar-refractivity contribution in [2.45, 2.75) is 10.9 Å². The molecule has 0 unspecified atom stereocenters. The summed E-state index contributed by atoms with van der Waals surface area (Å²) >= 11 is 13.4. The lowest BCUT2D eigenvalue weighted by atomic mass is 10.2. The molecule has 0 bridgehead atoms. The van der Waals surface area contributed by atoms with Crippen LogP contribution in [-0.2, 0) is 5.75 Å². The summed E-state index contributed by atoms with van der Waals surface area (Å²) in [6.07, 6.45) is 3.95. The molecule has 0 radical (unpaired) electrons. The number of hydrogen-bond donors (Lipinski definition) is 1. The van der Waals surface area contributed by atoms with Gasteiger partial charge in [-0.05, 0) is 23.8 Å². The molecule has 4 rings (SSSR count). The van der Waals surface area contributed by atoms with E-state index in [2.05, 4.69) is 20.2 Å². The van der Waals surface area contributed by atoms with Crippen LogP contribution in [0, 0.1) is 0 Å². The summed E-state index contributed by atoms with van der Waals surface area (Å²) in [6, 6.07) is 6.76. The third kappa shape index (κ3) is 3.48. The van der Waals surface area contributed by atoms with Gasteiger partial charge in [-0.15, -0.1) is 9.73 Å². The van der Waals surface area contributed by atoms with Gasteiger partial charge in [-0.3, -0.25) is 9.59 Å². The summed E-state index contributed by atoms with van der Waals surface area (Å²) in [7, 11) is 0. The van der Waals surface area contributed by atoms with E-state index in [1.165, 1.54) is 33.4 Å². The molecule has 11 heteroatoms. The fourth-order valence-corrected chi connectivity index (χ4v) is 3.92. The summed E-state index contributed by atoms with van der Waals surface area (Å²) in [4.78, 5) is 30.7. The van der Waals surface area contributed by atoms with Crippen LogP contribution in [0.25, 0.3) is 11.3 Å². The molecule has 8 nitrogen and oxygen atoms in total. The van der Waals surface area contributed by atoms with Crippen molar-refractivity contribution in [2.24, 2.45) is 0 Å². The number of hydrogen-bond acceptors (Lipinski definition) is 6. The van der Waals surface area contributed by atoms with E-state index in [4.69, 9.17) is 23.2 Å². The van der Waals surface area contributed by atoms with Crippen molar-refractivity contribution < 1.29 is 0 Å². The van der Waals surface area contributed by atoms with E-state index in [1.807, 2.05) is 6.07 Å². The van der Waals surface area contributed by atoms with E-state index in [0.717, 1.165) is 11.8 Å². The minimum Gasteiger partial charge on any atom is -0.324 e. The normalized spacial score (nSPS) is 11.2. The monoisotopic (exact) mass is 420 g/mol. The average molecular weight is 421 g/mol. The standard InChI is InChI=1S/C16H10Cl2N6O2S/c17-10-2-1-9(11(18)5-10)8-27-16-22-24-12(3-4-21-24)15(26)23(16)13-6-20-14(25)7-19-13/h1-7H,8H2,(H,20,25). The predicted octanol–water partition coefficient (Wildman–Crippen LogP) is 2.56. The van der Waals surface area contributed by atoms with Gasteiger partial charge >= 0.3 is 0 Å². The van der Waals surface area contributed by atoms with Crippen LogP contribution in [-0.4, -0.2) is 29.4 Å². The van der Waals surface area contributed by atoms with Gasteiger partial charge in [0.1, 0.15) is 0 Å². The lowest BCUT2D eigenvalue weighted by Gasteiger charge is -2.11. The van der Waals surface area contributed by atoms with E-state index in [1.54, 1.807) is 18.2 Å². The Morgan fingerprint density at radius 3 is 2.78 bits per heavy atom. The maximum absolute atomic E-state index is 12.9. The minimum atomic E-state index is -0.368. The Hall–Kier alpha value is -2.62. The number of nitrogens with one attached hydrogen (secondary N) is 1. The quantitative estimate of drug-likeness (QED) is 0.509. The Morgan fingerprint density at radius 1 is 1.19 bits per heavy atom. The number of H-pyrrole nitrogens is 1. The molecular formula is C16H10Cl2N6O2S. The van der Waals surface area contributed by atoms with Crippen LogP contribution in [0.1, 0.15) is 5.56 Å². The number of aromatic nitrogens is 6. The molecule has 0 amide bonds. The number of rotatable bonds is 4. The second-order valence-corrected chi connectivity index (χ2v) is 7.21. The van der Waals surface area contributed by atoms with Gasteiger partial charge in [-0.1, -0.05) is 41.0 Å². The van der Waals surface area contributed by atoms with Gasteiger partial charge in [-0.25, -0.2) is 9.55 Å². The number of benzene rings is 1. The highest BCUT2D eigenvalue weighted by Crippen LogP contribution is 2.28. The zero-order valence-electron chi connectivity index (χ0n) is 13.5. The third-order valence-electron chi connectivity index (χ3n) is 3.68. The van der Waals surface area contributed by atoms with Gasteiger partial charge in [-0.2, -0.15) is 5.10 Å². The molecule has 3 heterocycles. The summed E-state index contributed by atoms with van der Waals surface area (Å²) in [5, 5.41) is 9.83. The Morgan fingerprint density at radius 2 is 2.04 bits per heavy atom. The zero-order valence-corrected chi connectivity index (χ0v) is 15.8. The molecule has 0 aliphatic rings. The topological polar surface area (TPSA) is 97.9 Å². The number of aromatic amines is 1. The van der Waals surface area contributed by atoms with Crippen LogP contribution < -0.4 is 11.1 Å². The summed E-state index contributed by atoms with van der Waals surface area (Å²) < 4.78 is 2.58. The van der Waals surface area contributed by atoms with Crippen LogP contribution in [0.3, 0.4) is 0 Å². The fraction of sp³-hybridized carbons (Fsp3) is 0.0625. The average Bonchev–Trinajstić information content (AvgIpc) is 3.11. The Bertz CT molecular complexity index is 1250. The smallest absolute Gasteiger partial charge is 0.286 e. The van der Waals surface area contributed by atoms with Crippen molar-refractivity contribution in [2.75, 3.05) is 0 Å². The van der Waals surface area contributed by atoms with Crippen molar-refractivity contribution in [3.05, 3.63) is 79.2 Å². The highest BCUT2D eigenvalue weighted by molar-refractivity contribution is 7.98. The molecule has 4 aromatic rings. The first kappa shape index (κ1) is 17.8. The third-order valence-corrected chi connectivity index (χ3v) is 5.24. The van der Waals surface area contributed by atoms with Gasteiger partial charge in [0.25, 0.3) is 11.1 Å². The molecule has 0 aliphatic heterocycles. The van der Waals surface area contributed by atoms with Crippen LogP contribution in [0.4, 0.5) is 0 Å². The second kappa shape index (κ2) is 7.18. The van der Waals surface area contributed by atoms with E-state index in [-0.39, 0.29) is 22.5 Å². The number of fused-ring (bicyclic) bond motifs is 1. The second-order valence-electron chi connectivity index (χ2n) is 5.42. The summed E-state index contributed by atoms with van der Waals surface area (Å²) in [5.41, 5.74) is 0.401. The molecule has 136 valence electrons. The van der Waals surface area contributed by atoms with Crippen LogP contribution in [0.5, 0.6) is 0 Å². The molecule has 1 N–H and O–H groups in total. The molecule has 0 saturated carbocycles. The number of nitrogens with zero attached hydrogens (tertiary/aromatic N) is 5. The minimum absolute atomic E-state index is 0.250. The van der Waals surface area contributed by atoms with E-state index >= 15 is 0 Å². The molecule has 0 spiro atoms. The Labute approximate surface area is 165 Å². The maximum atomic E-state index is 12.9. The van der Waals surface area contributed by atoms with Crippen molar-refractivity contribution in [1.82, 2.24) is 29.4 Å². The highest BCUT2D eigenvalue weighted by Gasteiger charge is 2.16. The lowest BCUT2D eigenvalue weighted by Crippen LogP contribution is -2.26. The Kier molecular flexibility index (Phi) is 4.73. The fourth-order valence-electron chi connectivity index (χ4n) is 2.39. The largest absolute Gasteiger partial charge is 0.324 e. The first-order valence-electron chi connectivity index (χ1n) is 7.62.